The highest BCUT2D eigenvalue weighted by Gasteiger charge is 2.18. The number of anilines is 1. The highest BCUT2D eigenvalue weighted by Crippen LogP contribution is 2.24. The molecule has 0 fully saturated rings. The van der Waals surface area contributed by atoms with Crippen molar-refractivity contribution in [2.45, 2.75) is 26.3 Å². The molecule has 3 aromatic carbocycles. The van der Waals surface area contributed by atoms with Crippen LogP contribution in [0.4, 0.5) is 5.69 Å². The molecule has 34 heavy (non-hydrogen) atoms. The topological polar surface area (TPSA) is 75.7 Å². The number of aryl methyl sites for hydroxylation is 1. The largest absolute Gasteiger partial charge is 0.492 e. The third-order valence-corrected chi connectivity index (χ3v) is 6.53. The van der Waals surface area contributed by atoms with Crippen molar-refractivity contribution in [1.82, 2.24) is 5.32 Å². The van der Waals surface area contributed by atoms with Crippen molar-refractivity contribution < 1.29 is 17.9 Å². The van der Waals surface area contributed by atoms with Gasteiger partial charge in [-0.15, -0.1) is 0 Å². The number of carbonyl (C=O) groups is 1. The molecule has 1 amide bonds. The highest BCUT2D eigenvalue weighted by atomic mass is 35.5. The Morgan fingerprint density at radius 3 is 2.29 bits per heavy atom. The molecule has 0 unspecified atom stereocenters. The Balaban J connectivity index is 1.53. The molecule has 1 N–H and O–H groups in total. The summed E-state index contributed by atoms with van der Waals surface area (Å²) in [4.78, 5) is 12.4. The Kier molecular flexibility index (Phi) is 8.96. The van der Waals surface area contributed by atoms with Gasteiger partial charge in [0.15, 0.2) is 0 Å². The molecule has 0 aromatic heterocycles. The minimum atomic E-state index is -3.52. The maximum Gasteiger partial charge on any atom is 0.251 e. The zero-order valence-corrected chi connectivity index (χ0v) is 20.9. The van der Waals surface area contributed by atoms with E-state index in [2.05, 4.69) is 24.4 Å². The van der Waals surface area contributed by atoms with Gasteiger partial charge in [-0.3, -0.25) is 9.10 Å². The molecule has 0 saturated heterocycles. The van der Waals surface area contributed by atoms with Gasteiger partial charge in [-0.2, -0.15) is 0 Å². The van der Waals surface area contributed by atoms with Crippen LogP contribution in [0, 0.1) is 0 Å². The molecule has 8 heteroatoms. The Bertz CT molecular complexity index is 1200. The van der Waals surface area contributed by atoms with E-state index < -0.39 is 10.0 Å². The van der Waals surface area contributed by atoms with Crippen molar-refractivity contribution >= 4 is 33.2 Å². The molecule has 6 nitrogen and oxygen atoms in total. The lowest BCUT2D eigenvalue weighted by Gasteiger charge is -2.22. The van der Waals surface area contributed by atoms with Crippen LogP contribution in [0.15, 0.2) is 72.8 Å². The number of nitrogens with zero attached hydrogens (tertiary/aromatic N) is 1. The summed E-state index contributed by atoms with van der Waals surface area (Å²) in [5.74, 6) is 0.553. The minimum absolute atomic E-state index is 0.131. The summed E-state index contributed by atoms with van der Waals surface area (Å²) in [6.45, 7) is 3.01. The third-order valence-electron chi connectivity index (χ3n) is 5.16. The number of benzene rings is 3. The first-order valence-corrected chi connectivity index (χ1v) is 13.3. The SMILES string of the molecule is CCCc1ccc(OCCNC(=O)c2ccc(CN(c3cccc(Cl)c3)S(C)(=O)=O)cc2)cc1. The van der Waals surface area contributed by atoms with E-state index in [-0.39, 0.29) is 12.5 Å². The first-order valence-electron chi connectivity index (χ1n) is 11.1. The standard InChI is InChI=1S/C26H29ClN2O4S/c1-3-5-20-10-14-25(15-11-20)33-17-16-28-26(30)22-12-8-21(9-13-22)19-29(34(2,31)32)24-7-4-6-23(27)18-24/h4,6-15,18H,3,5,16-17,19H2,1-2H3,(H,28,30). The summed E-state index contributed by atoms with van der Waals surface area (Å²) >= 11 is 6.03. The van der Waals surface area contributed by atoms with Gasteiger partial charge in [-0.05, 0) is 60.0 Å². The van der Waals surface area contributed by atoms with E-state index in [0.29, 0.717) is 29.4 Å². The number of halogens is 1. The lowest BCUT2D eigenvalue weighted by molar-refractivity contribution is 0.0947. The maximum absolute atomic E-state index is 12.4. The summed E-state index contributed by atoms with van der Waals surface area (Å²) in [6, 6.07) is 21.5. The van der Waals surface area contributed by atoms with Crippen molar-refractivity contribution in [1.29, 1.82) is 0 Å². The van der Waals surface area contributed by atoms with E-state index in [0.717, 1.165) is 30.4 Å². The maximum atomic E-state index is 12.4. The summed E-state index contributed by atoms with van der Waals surface area (Å²) < 4.78 is 31.6. The van der Waals surface area contributed by atoms with Crippen molar-refractivity contribution in [2.75, 3.05) is 23.7 Å². The van der Waals surface area contributed by atoms with Gasteiger partial charge in [0.05, 0.1) is 25.0 Å². The molecular formula is C26H29ClN2O4S. The predicted octanol–water partition coefficient (Wildman–Crippen LogP) is 5.07. The van der Waals surface area contributed by atoms with Gasteiger partial charge in [0, 0.05) is 10.6 Å². The van der Waals surface area contributed by atoms with Crippen LogP contribution < -0.4 is 14.4 Å². The number of rotatable bonds is 11. The van der Waals surface area contributed by atoms with Gasteiger partial charge in [0.1, 0.15) is 12.4 Å². The van der Waals surface area contributed by atoms with E-state index in [1.54, 1.807) is 48.5 Å². The van der Waals surface area contributed by atoms with Gasteiger partial charge in [0.25, 0.3) is 5.91 Å². The van der Waals surface area contributed by atoms with E-state index in [1.807, 2.05) is 12.1 Å². The Labute approximate surface area is 206 Å². The number of nitrogens with one attached hydrogen (secondary N) is 1. The number of amides is 1. The van der Waals surface area contributed by atoms with Crippen LogP contribution in [0.1, 0.15) is 34.8 Å². The normalized spacial score (nSPS) is 11.1. The number of hydrogen-bond acceptors (Lipinski definition) is 4. The second-order valence-electron chi connectivity index (χ2n) is 7.94. The molecule has 0 aliphatic heterocycles. The fourth-order valence-electron chi connectivity index (χ4n) is 3.44. The van der Waals surface area contributed by atoms with Crippen molar-refractivity contribution in [3.05, 3.63) is 94.5 Å². The number of hydrogen-bond donors (Lipinski definition) is 1. The fraction of sp³-hybridized carbons (Fsp3) is 0.269. The third kappa shape index (κ3) is 7.50. The second-order valence-corrected chi connectivity index (χ2v) is 10.3. The molecule has 0 saturated carbocycles. The van der Waals surface area contributed by atoms with Crippen LogP contribution in [0.25, 0.3) is 0 Å². The summed E-state index contributed by atoms with van der Waals surface area (Å²) in [7, 11) is -3.52. The van der Waals surface area contributed by atoms with Crippen molar-refractivity contribution in [2.24, 2.45) is 0 Å². The molecule has 0 aliphatic rings. The minimum Gasteiger partial charge on any atom is -0.492 e. The fourth-order valence-corrected chi connectivity index (χ4v) is 4.50. The molecule has 3 aromatic rings. The lowest BCUT2D eigenvalue weighted by atomic mass is 10.1. The van der Waals surface area contributed by atoms with Crippen LogP contribution in [-0.4, -0.2) is 33.7 Å². The van der Waals surface area contributed by atoms with E-state index in [1.165, 1.54) is 9.87 Å². The molecule has 180 valence electrons. The molecule has 0 atom stereocenters. The highest BCUT2D eigenvalue weighted by molar-refractivity contribution is 7.92. The molecule has 0 radical (unpaired) electrons. The quantitative estimate of drug-likeness (QED) is 0.373. The van der Waals surface area contributed by atoms with E-state index in [4.69, 9.17) is 16.3 Å². The average Bonchev–Trinajstić information content (AvgIpc) is 2.81. The van der Waals surface area contributed by atoms with Gasteiger partial charge in [-0.25, -0.2) is 8.42 Å². The predicted molar refractivity (Wildman–Crippen MR) is 137 cm³/mol. The van der Waals surface area contributed by atoms with E-state index in [9.17, 15) is 13.2 Å². The number of carbonyl (C=O) groups excluding carboxylic acids is 1. The molecule has 0 bridgehead atoms. The number of sulfonamides is 1. The Hall–Kier alpha value is -3.03. The van der Waals surface area contributed by atoms with Gasteiger partial charge >= 0.3 is 0 Å². The molecule has 0 heterocycles. The number of ether oxygens (including phenoxy) is 1. The van der Waals surface area contributed by atoms with Gasteiger partial charge in [0.2, 0.25) is 10.0 Å². The van der Waals surface area contributed by atoms with Crippen LogP contribution in [0.2, 0.25) is 5.02 Å². The summed E-state index contributed by atoms with van der Waals surface area (Å²) in [5, 5.41) is 3.29. The first kappa shape index (κ1) is 25.6. The van der Waals surface area contributed by atoms with Crippen molar-refractivity contribution in [3.63, 3.8) is 0 Å². The van der Waals surface area contributed by atoms with Gasteiger partial charge in [-0.1, -0.05) is 55.3 Å². The monoisotopic (exact) mass is 500 g/mol. The van der Waals surface area contributed by atoms with Crippen LogP contribution >= 0.6 is 11.6 Å². The van der Waals surface area contributed by atoms with Crippen LogP contribution in [-0.2, 0) is 23.0 Å². The van der Waals surface area contributed by atoms with Crippen molar-refractivity contribution in [3.8, 4) is 5.75 Å². The zero-order chi connectivity index (χ0) is 24.6. The Morgan fingerprint density at radius 1 is 1.00 bits per heavy atom. The van der Waals surface area contributed by atoms with Crippen LogP contribution in [0.3, 0.4) is 0 Å². The summed E-state index contributed by atoms with van der Waals surface area (Å²) in [6.07, 6.45) is 3.30. The molecule has 0 aliphatic carbocycles. The lowest BCUT2D eigenvalue weighted by Crippen LogP contribution is -2.29. The zero-order valence-electron chi connectivity index (χ0n) is 19.3. The molecule has 3 rings (SSSR count). The first-order chi connectivity index (χ1) is 16.3. The van der Waals surface area contributed by atoms with Crippen LogP contribution in [0.5, 0.6) is 5.75 Å². The molecular weight excluding hydrogens is 472 g/mol. The summed E-state index contributed by atoms with van der Waals surface area (Å²) in [5.41, 5.74) is 2.99. The second kappa shape index (κ2) is 11.9. The Morgan fingerprint density at radius 2 is 1.68 bits per heavy atom. The molecule has 0 spiro atoms. The van der Waals surface area contributed by atoms with Gasteiger partial charge < -0.3 is 10.1 Å². The smallest absolute Gasteiger partial charge is 0.251 e. The van der Waals surface area contributed by atoms with E-state index >= 15 is 0 Å². The average molecular weight is 501 g/mol.